The van der Waals surface area contributed by atoms with Crippen LogP contribution in [0.5, 0.6) is 0 Å². The maximum absolute atomic E-state index is 14.6. The van der Waals surface area contributed by atoms with Crippen LogP contribution in [-0.4, -0.2) is 61.1 Å². The van der Waals surface area contributed by atoms with Gasteiger partial charge in [0, 0.05) is 54.9 Å². The van der Waals surface area contributed by atoms with Gasteiger partial charge in [0.1, 0.15) is 23.7 Å². The van der Waals surface area contributed by atoms with E-state index in [0.29, 0.717) is 0 Å². The molecule has 5 rings (SSSR count). The summed E-state index contributed by atoms with van der Waals surface area (Å²) >= 11 is 6.48. The van der Waals surface area contributed by atoms with E-state index in [2.05, 4.69) is 10.3 Å². The Labute approximate surface area is 250 Å². The minimum atomic E-state index is -4.34. The maximum atomic E-state index is 14.6. The van der Waals surface area contributed by atoms with Crippen LogP contribution in [0, 0.1) is 17.1 Å². The molecule has 2 aliphatic rings. The van der Waals surface area contributed by atoms with Crippen LogP contribution < -0.4 is 14.5 Å². The Morgan fingerprint density at radius 3 is 2.53 bits per heavy atom. The zero-order chi connectivity index (χ0) is 31.1. The largest absolute Gasteiger partial charge is 0.351 e. The molecule has 1 saturated carbocycles. The third-order valence-corrected chi connectivity index (χ3v) is 9.43. The molecule has 2 atom stereocenters. The lowest BCUT2D eigenvalue weighted by Gasteiger charge is -2.39. The smallest absolute Gasteiger partial charge is 0.305 e. The van der Waals surface area contributed by atoms with Crippen LogP contribution in [0.15, 0.2) is 66.9 Å². The van der Waals surface area contributed by atoms with Crippen molar-refractivity contribution in [3.63, 3.8) is 0 Å². The van der Waals surface area contributed by atoms with Crippen molar-refractivity contribution in [2.24, 2.45) is 0 Å². The summed E-state index contributed by atoms with van der Waals surface area (Å²) in [6.45, 7) is -0.392. The average molecular weight is 633 g/mol. The second-order valence-electron chi connectivity index (χ2n) is 10.2. The fourth-order valence-corrected chi connectivity index (χ4v) is 6.80. The van der Waals surface area contributed by atoms with Gasteiger partial charge in [0.05, 0.1) is 11.6 Å². The monoisotopic (exact) mass is 632 g/mol. The summed E-state index contributed by atoms with van der Waals surface area (Å²) in [5.74, 6) is -5.78. The summed E-state index contributed by atoms with van der Waals surface area (Å²) < 4.78 is 70.3. The van der Waals surface area contributed by atoms with E-state index in [4.69, 9.17) is 11.6 Å². The zero-order valence-corrected chi connectivity index (χ0v) is 24.1. The number of likely N-dealkylation sites (N-methyl/N-ethyl adjacent to an activating group) is 1. The molecule has 0 bridgehead atoms. The zero-order valence-electron chi connectivity index (χ0n) is 22.5. The van der Waals surface area contributed by atoms with Crippen LogP contribution in [0.2, 0.25) is 5.02 Å². The van der Waals surface area contributed by atoms with E-state index in [1.165, 1.54) is 49.6 Å². The Kier molecular flexibility index (Phi) is 8.08. The van der Waals surface area contributed by atoms with Crippen LogP contribution in [0.4, 0.5) is 24.7 Å². The highest BCUT2D eigenvalue weighted by Crippen LogP contribution is 2.40. The lowest BCUT2D eigenvalue weighted by molar-refractivity contribution is -0.133. The predicted molar refractivity (Wildman–Crippen MR) is 151 cm³/mol. The Hall–Kier alpha value is -4.19. The summed E-state index contributed by atoms with van der Waals surface area (Å²) in [4.78, 5) is 33.4. The molecule has 0 spiro atoms. The number of nitriles is 1. The Morgan fingerprint density at radius 2 is 1.88 bits per heavy atom. The van der Waals surface area contributed by atoms with E-state index in [0.717, 1.165) is 25.6 Å². The molecule has 3 aromatic rings. The molecule has 1 saturated heterocycles. The summed E-state index contributed by atoms with van der Waals surface area (Å²) in [6.07, 6.45) is -0.00747. The van der Waals surface area contributed by atoms with Gasteiger partial charge in [-0.25, -0.2) is 22.5 Å². The van der Waals surface area contributed by atoms with Crippen LogP contribution in [0.3, 0.4) is 0 Å². The first-order chi connectivity index (χ1) is 20.3. The van der Waals surface area contributed by atoms with E-state index < -0.39 is 71.3 Å². The van der Waals surface area contributed by atoms with Crippen molar-refractivity contribution in [3.05, 3.63) is 88.8 Å². The van der Waals surface area contributed by atoms with Crippen LogP contribution in [-0.2, 0) is 19.8 Å². The van der Waals surface area contributed by atoms with Crippen LogP contribution in [0.25, 0.3) is 0 Å². The number of rotatable bonds is 7. The van der Waals surface area contributed by atoms with E-state index in [1.54, 1.807) is 12.1 Å². The van der Waals surface area contributed by atoms with Crippen LogP contribution >= 0.6 is 11.6 Å². The highest BCUT2D eigenvalue weighted by Gasteiger charge is 2.51. The first kappa shape index (κ1) is 30.3. The number of nitrogens with one attached hydrogen (secondary N) is 1. The van der Waals surface area contributed by atoms with Gasteiger partial charge in [0.25, 0.3) is 11.8 Å². The van der Waals surface area contributed by atoms with Crippen molar-refractivity contribution in [1.82, 2.24) is 14.6 Å². The van der Waals surface area contributed by atoms with Gasteiger partial charge in [-0.3, -0.25) is 14.5 Å². The SMILES string of the molecule is CN1C[C@@H](C(=O)N(c2cccc(F)c2)[C@H](C(=O)NC2CC(F)(F)C2)c2ccccc2Cl)N(c2cc(C#N)ccn2)S1(=O)=O. The van der Waals surface area contributed by atoms with Crippen molar-refractivity contribution in [3.8, 4) is 6.07 Å². The minimum Gasteiger partial charge on any atom is -0.351 e. The number of benzene rings is 2. The fraction of sp³-hybridized carbons (Fsp3) is 0.286. The molecule has 15 heteroatoms. The molecule has 2 heterocycles. The Bertz CT molecular complexity index is 1730. The van der Waals surface area contributed by atoms with Gasteiger partial charge in [0.15, 0.2) is 0 Å². The van der Waals surface area contributed by atoms with E-state index in [9.17, 15) is 36.4 Å². The van der Waals surface area contributed by atoms with E-state index in [1.807, 2.05) is 6.07 Å². The summed E-state index contributed by atoms with van der Waals surface area (Å²) in [5.41, 5.74) is 0.0546. The molecule has 224 valence electrons. The van der Waals surface area contributed by atoms with Gasteiger partial charge < -0.3 is 5.32 Å². The first-order valence-corrected chi connectivity index (χ1v) is 14.7. The molecule has 43 heavy (non-hydrogen) atoms. The van der Waals surface area contributed by atoms with Gasteiger partial charge in [-0.2, -0.15) is 18.0 Å². The molecule has 1 aliphatic heterocycles. The number of pyridine rings is 1. The second kappa shape index (κ2) is 11.5. The number of hydrogen-bond donors (Lipinski definition) is 1. The molecular formula is C28H24ClF3N6O4S. The predicted octanol–water partition coefficient (Wildman–Crippen LogP) is 3.80. The van der Waals surface area contributed by atoms with Gasteiger partial charge >= 0.3 is 10.2 Å². The van der Waals surface area contributed by atoms with E-state index >= 15 is 0 Å². The lowest BCUT2D eigenvalue weighted by Crippen LogP contribution is -2.56. The summed E-state index contributed by atoms with van der Waals surface area (Å²) in [6, 6.07) is 11.2. The first-order valence-electron chi connectivity index (χ1n) is 13.0. The third kappa shape index (κ3) is 5.88. The lowest BCUT2D eigenvalue weighted by atomic mass is 9.87. The normalized spacial score (nSPS) is 20.1. The number of carbonyl (C=O) groups excluding carboxylic acids is 2. The van der Waals surface area contributed by atoms with Gasteiger partial charge in [-0.15, -0.1) is 0 Å². The number of aromatic nitrogens is 1. The van der Waals surface area contributed by atoms with Crippen molar-refractivity contribution < 1.29 is 31.2 Å². The molecule has 10 nitrogen and oxygen atoms in total. The van der Waals surface area contributed by atoms with Crippen molar-refractivity contribution >= 4 is 45.1 Å². The highest BCUT2D eigenvalue weighted by atomic mass is 35.5. The summed E-state index contributed by atoms with van der Waals surface area (Å²) in [5, 5.41) is 12.0. The molecule has 0 unspecified atom stereocenters. The molecule has 1 N–H and O–H groups in total. The molecule has 1 aliphatic carbocycles. The molecule has 2 fully saturated rings. The third-order valence-electron chi connectivity index (χ3n) is 7.21. The Morgan fingerprint density at radius 1 is 1.16 bits per heavy atom. The second-order valence-corrected chi connectivity index (χ2v) is 12.5. The van der Waals surface area contributed by atoms with Crippen molar-refractivity contribution in [2.75, 3.05) is 22.8 Å². The van der Waals surface area contributed by atoms with Crippen LogP contribution in [0.1, 0.15) is 30.0 Å². The number of anilines is 2. The van der Waals surface area contributed by atoms with Gasteiger partial charge in [0.2, 0.25) is 5.91 Å². The number of alkyl halides is 2. The fourth-order valence-electron chi connectivity index (χ4n) is 5.12. The van der Waals surface area contributed by atoms with Gasteiger partial charge in [-0.05, 0) is 36.4 Å². The molecule has 2 amide bonds. The quantitative estimate of drug-likeness (QED) is 0.422. The van der Waals surface area contributed by atoms with Crippen molar-refractivity contribution in [2.45, 2.75) is 36.9 Å². The molecule has 0 radical (unpaired) electrons. The maximum Gasteiger partial charge on any atom is 0.305 e. The summed E-state index contributed by atoms with van der Waals surface area (Å²) in [7, 11) is -3.10. The highest BCUT2D eigenvalue weighted by molar-refractivity contribution is 7.90. The van der Waals surface area contributed by atoms with E-state index in [-0.39, 0.29) is 27.7 Å². The standard InChI is InChI=1S/C28H24ClF3N6O4S/c1-36-16-23(38(43(36,41)42)24-11-17(15-33)9-10-34-24)27(40)37(20-6-4-5-18(30)12-20)25(21-7-2-3-8-22(21)29)26(39)35-19-13-28(31,32)14-19/h2-12,19,23,25H,13-14,16H2,1H3,(H,35,39)/t23-,25-/m0/s1. The van der Waals surface area contributed by atoms with Gasteiger partial charge in [-0.1, -0.05) is 35.9 Å². The number of halogens is 4. The van der Waals surface area contributed by atoms with Crippen molar-refractivity contribution in [1.29, 1.82) is 5.26 Å². The number of hydrogen-bond acceptors (Lipinski definition) is 6. The molecule has 1 aromatic heterocycles. The Balaban J connectivity index is 1.65. The molecular weight excluding hydrogens is 609 g/mol. The minimum absolute atomic E-state index is 0.0483. The number of nitrogens with zero attached hydrogens (tertiary/aromatic N) is 5. The number of carbonyl (C=O) groups is 2. The topological polar surface area (TPSA) is 127 Å². The average Bonchev–Trinajstić information content (AvgIpc) is 3.19. The number of amides is 2. The molecule has 2 aromatic carbocycles.